The summed E-state index contributed by atoms with van der Waals surface area (Å²) in [6.45, 7) is 0.502. The van der Waals surface area contributed by atoms with Gasteiger partial charge in [0, 0.05) is 26.3 Å². The number of piperidine rings is 1. The molecule has 2 N–H and O–H groups in total. The van der Waals surface area contributed by atoms with Gasteiger partial charge in [0.25, 0.3) is 0 Å². The first-order valence-corrected chi connectivity index (χ1v) is 7.34. The van der Waals surface area contributed by atoms with Gasteiger partial charge in [-0.15, -0.1) is 0 Å². The molecular formula is C11H16N2O5S. The fourth-order valence-corrected chi connectivity index (χ4v) is 3.66. The molecule has 0 bridgehead atoms. The van der Waals surface area contributed by atoms with E-state index in [0.29, 0.717) is 12.8 Å². The van der Waals surface area contributed by atoms with Gasteiger partial charge in [-0.05, 0) is 18.9 Å². The minimum atomic E-state index is -3.68. The summed E-state index contributed by atoms with van der Waals surface area (Å²) in [4.78, 5) is 10.9. The van der Waals surface area contributed by atoms with Crippen LogP contribution in [0, 0.1) is 0 Å². The summed E-state index contributed by atoms with van der Waals surface area (Å²) in [5, 5.41) is 18.3. The van der Waals surface area contributed by atoms with Gasteiger partial charge in [-0.1, -0.05) is 0 Å². The number of aromatic nitrogens is 1. The first-order chi connectivity index (χ1) is 8.82. The summed E-state index contributed by atoms with van der Waals surface area (Å²) in [7, 11) is -2.19. The molecule has 7 nitrogen and oxygen atoms in total. The average Bonchev–Trinajstić information content (AvgIpc) is 2.72. The van der Waals surface area contributed by atoms with Gasteiger partial charge in [-0.3, -0.25) is 0 Å². The van der Waals surface area contributed by atoms with Crippen molar-refractivity contribution in [3.63, 3.8) is 0 Å². The second-order valence-corrected chi connectivity index (χ2v) is 6.55. The van der Waals surface area contributed by atoms with Gasteiger partial charge in [-0.2, -0.15) is 4.31 Å². The lowest BCUT2D eigenvalue weighted by atomic mass is 10.1. The van der Waals surface area contributed by atoms with E-state index in [1.54, 1.807) is 0 Å². The van der Waals surface area contributed by atoms with E-state index in [1.807, 2.05) is 0 Å². The highest BCUT2D eigenvalue weighted by Crippen LogP contribution is 2.22. The van der Waals surface area contributed by atoms with E-state index in [4.69, 9.17) is 5.11 Å². The number of rotatable bonds is 3. The lowest BCUT2D eigenvalue weighted by Gasteiger charge is -2.28. The summed E-state index contributed by atoms with van der Waals surface area (Å²) in [5.74, 6) is -1.17. The Morgan fingerprint density at radius 1 is 1.37 bits per heavy atom. The zero-order valence-electron chi connectivity index (χ0n) is 10.5. The number of aliphatic hydroxyl groups excluding tert-OH is 1. The van der Waals surface area contributed by atoms with Crippen molar-refractivity contribution >= 4 is 16.0 Å². The first-order valence-electron chi connectivity index (χ1n) is 5.90. The lowest BCUT2D eigenvalue weighted by molar-refractivity contribution is 0.0686. The third kappa shape index (κ3) is 2.65. The van der Waals surface area contributed by atoms with Crippen LogP contribution in [0.1, 0.15) is 23.3 Å². The fraction of sp³-hybridized carbons (Fsp3) is 0.545. The van der Waals surface area contributed by atoms with Crippen LogP contribution in [-0.2, 0) is 17.1 Å². The first kappa shape index (κ1) is 14.0. The quantitative estimate of drug-likeness (QED) is 0.807. The van der Waals surface area contributed by atoms with Gasteiger partial charge in [0.05, 0.1) is 6.10 Å². The molecular weight excluding hydrogens is 272 g/mol. The summed E-state index contributed by atoms with van der Waals surface area (Å²) in [5.41, 5.74) is -0.0735. The molecule has 0 aliphatic carbocycles. The van der Waals surface area contributed by atoms with Gasteiger partial charge < -0.3 is 14.8 Å². The van der Waals surface area contributed by atoms with E-state index < -0.39 is 22.1 Å². The molecule has 1 aliphatic rings. The Kier molecular flexibility index (Phi) is 3.66. The standard InChI is InChI=1S/C11H16N2O5S/c1-12-7-9(6-10(12)11(15)16)19(17,18)13-4-2-8(14)3-5-13/h6-8,14H,2-5H2,1H3,(H,15,16). The molecule has 1 aliphatic heterocycles. The summed E-state index contributed by atoms with van der Waals surface area (Å²) >= 11 is 0. The summed E-state index contributed by atoms with van der Waals surface area (Å²) in [6, 6.07) is 1.16. The van der Waals surface area contributed by atoms with Crippen molar-refractivity contribution in [1.82, 2.24) is 8.87 Å². The lowest BCUT2D eigenvalue weighted by Crippen LogP contribution is -2.39. The highest BCUT2D eigenvalue weighted by Gasteiger charge is 2.30. The van der Waals surface area contributed by atoms with Crippen molar-refractivity contribution in [3.8, 4) is 0 Å². The number of carboxylic acid groups (broad SMARTS) is 1. The topological polar surface area (TPSA) is 99.8 Å². The zero-order valence-corrected chi connectivity index (χ0v) is 11.3. The number of hydrogen-bond acceptors (Lipinski definition) is 4. The number of carboxylic acids is 1. The second-order valence-electron chi connectivity index (χ2n) is 4.61. The van der Waals surface area contributed by atoms with Crippen LogP contribution in [0.2, 0.25) is 0 Å². The van der Waals surface area contributed by atoms with Crippen molar-refractivity contribution in [2.24, 2.45) is 7.05 Å². The smallest absolute Gasteiger partial charge is 0.352 e. The van der Waals surface area contributed by atoms with Gasteiger partial charge in [-0.25, -0.2) is 13.2 Å². The van der Waals surface area contributed by atoms with Gasteiger partial charge >= 0.3 is 5.97 Å². The normalized spacial score (nSPS) is 18.6. The zero-order chi connectivity index (χ0) is 14.2. The Balaban J connectivity index is 2.29. The van der Waals surface area contributed by atoms with Crippen LogP contribution in [0.5, 0.6) is 0 Å². The van der Waals surface area contributed by atoms with Crippen LogP contribution >= 0.6 is 0 Å². The predicted molar refractivity (Wildman–Crippen MR) is 66.4 cm³/mol. The van der Waals surface area contributed by atoms with Crippen molar-refractivity contribution in [2.75, 3.05) is 13.1 Å². The minimum Gasteiger partial charge on any atom is -0.477 e. The molecule has 0 spiro atoms. The van der Waals surface area contributed by atoms with E-state index in [0.717, 1.165) is 6.07 Å². The van der Waals surface area contributed by atoms with Crippen LogP contribution in [0.25, 0.3) is 0 Å². The van der Waals surface area contributed by atoms with Crippen LogP contribution in [0.3, 0.4) is 0 Å². The number of aryl methyl sites for hydroxylation is 1. The van der Waals surface area contributed by atoms with Crippen molar-refractivity contribution in [3.05, 3.63) is 18.0 Å². The molecule has 0 saturated carbocycles. The third-order valence-electron chi connectivity index (χ3n) is 3.26. The molecule has 19 heavy (non-hydrogen) atoms. The fourth-order valence-electron chi connectivity index (χ4n) is 2.12. The highest BCUT2D eigenvalue weighted by atomic mass is 32.2. The number of carbonyl (C=O) groups is 1. The molecule has 0 amide bonds. The molecule has 1 aromatic heterocycles. The second kappa shape index (κ2) is 4.95. The van der Waals surface area contributed by atoms with Crippen LogP contribution in [0.4, 0.5) is 0 Å². The number of nitrogens with zero attached hydrogens (tertiary/aromatic N) is 2. The Hall–Kier alpha value is -1.38. The number of aliphatic hydroxyl groups is 1. The Morgan fingerprint density at radius 2 is 1.95 bits per heavy atom. The summed E-state index contributed by atoms with van der Waals surface area (Å²) < 4.78 is 27.2. The predicted octanol–water partition coefficient (Wildman–Crippen LogP) is -0.131. The Bertz CT molecular complexity index is 584. The molecule has 2 rings (SSSR count). The average molecular weight is 288 g/mol. The monoisotopic (exact) mass is 288 g/mol. The number of hydrogen-bond donors (Lipinski definition) is 2. The van der Waals surface area contributed by atoms with Gasteiger partial charge in [0.15, 0.2) is 0 Å². The van der Waals surface area contributed by atoms with Crippen LogP contribution in [-0.4, -0.2) is 52.7 Å². The van der Waals surface area contributed by atoms with Gasteiger partial charge in [0.1, 0.15) is 10.6 Å². The molecule has 0 radical (unpaired) electrons. The van der Waals surface area contributed by atoms with Crippen LogP contribution in [0.15, 0.2) is 17.2 Å². The van der Waals surface area contributed by atoms with E-state index in [9.17, 15) is 18.3 Å². The van der Waals surface area contributed by atoms with E-state index in [1.165, 1.54) is 22.1 Å². The van der Waals surface area contributed by atoms with E-state index in [2.05, 4.69) is 0 Å². The summed E-state index contributed by atoms with van der Waals surface area (Å²) in [6.07, 6.45) is 1.64. The Labute approximate surface area is 111 Å². The van der Waals surface area contributed by atoms with Crippen molar-refractivity contribution in [1.29, 1.82) is 0 Å². The number of aromatic carboxylic acids is 1. The molecule has 0 unspecified atom stereocenters. The Morgan fingerprint density at radius 3 is 2.42 bits per heavy atom. The maximum Gasteiger partial charge on any atom is 0.352 e. The molecule has 2 heterocycles. The van der Waals surface area contributed by atoms with E-state index >= 15 is 0 Å². The molecule has 1 saturated heterocycles. The molecule has 1 fully saturated rings. The highest BCUT2D eigenvalue weighted by molar-refractivity contribution is 7.89. The van der Waals surface area contributed by atoms with Crippen molar-refractivity contribution < 1.29 is 23.4 Å². The molecule has 8 heteroatoms. The minimum absolute atomic E-state index is 0.0243. The SMILES string of the molecule is Cn1cc(S(=O)(=O)N2CCC(O)CC2)cc1C(=O)O. The maximum absolute atomic E-state index is 12.3. The largest absolute Gasteiger partial charge is 0.477 e. The molecule has 0 atom stereocenters. The number of sulfonamides is 1. The third-order valence-corrected chi connectivity index (χ3v) is 5.12. The molecule has 1 aromatic rings. The van der Waals surface area contributed by atoms with Gasteiger partial charge in [0.2, 0.25) is 10.0 Å². The van der Waals surface area contributed by atoms with Crippen LogP contribution < -0.4 is 0 Å². The molecule has 106 valence electrons. The molecule has 0 aromatic carbocycles. The van der Waals surface area contributed by atoms with Crippen molar-refractivity contribution in [2.45, 2.75) is 23.8 Å². The van der Waals surface area contributed by atoms with E-state index in [-0.39, 0.29) is 23.7 Å². The maximum atomic E-state index is 12.3.